The van der Waals surface area contributed by atoms with Gasteiger partial charge in [-0.2, -0.15) is 0 Å². The summed E-state index contributed by atoms with van der Waals surface area (Å²) in [7, 11) is 0. The lowest BCUT2D eigenvalue weighted by Crippen LogP contribution is -2.40. The molecule has 0 saturated heterocycles. The van der Waals surface area contributed by atoms with E-state index in [1.54, 1.807) is 0 Å². The molecule has 0 amide bonds. The van der Waals surface area contributed by atoms with Crippen molar-refractivity contribution in [3.8, 4) is 0 Å². The summed E-state index contributed by atoms with van der Waals surface area (Å²) in [6.45, 7) is 8.90. The first-order valence-electron chi connectivity index (χ1n) is 5.54. The van der Waals surface area contributed by atoms with E-state index < -0.39 is 0 Å². The molecule has 78 valence electrons. The van der Waals surface area contributed by atoms with E-state index in [2.05, 4.69) is 26.1 Å². The van der Waals surface area contributed by atoms with Gasteiger partial charge in [0.2, 0.25) is 0 Å². The predicted molar refractivity (Wildman–Crippen MR) is 57.6 cm³/mol. The minimum absolute atomic E-state index is 0.326. The average molecular weight is 184 g/mol. The first kappa shape index (κ1) is 11.0. The molecule has 1 fully saturated rings. The smallest absolute Gasteiger partial charge is 0.0191 e. The fourth-order valence-corrected chi connectivity index (χ4v) is 1.43. The Balaban J connectivity index is 2.04. The Morgan fingerprint density at radius 1 is 1.46 bits per heavy atom. The molecule has 0 spiro atoms. The molecule has 2 unspecified atom stereocenters. The number of nitrogens with two attached hydrogens (primary N) is 1. The molecule has 0 bridgehead atoms. The molecule has 0 aromatic rings. The van der Waals surface area contributed by atoms with Gasteiger partial charge < -0.3 is 11.1 Å². The molecule has 0 heterocycles. The van der Waals surface area contributed by atoms with Crippen molar-refractivity contribution < 1.29 is 0 Å². The van der Waals surface area contributed by atoms with E-state index in [0.29, 0.717) is 17.4 Å². The van der Waals surface area contributed by atoms with E-state index in [1.165, 1.54) is 19.3 Å². The van der Waals surface area contributed by atoms with Crippen molar-refractivity contribution >= 4 is 0 Å². The highest BCUT2D eigenvalue weighted by atomic mass is 14.9. The summed E-state index contributed by atoms with van der Waals surface area (Å²) in [5.41, 5.74) is 6.62. The fourth-order valence-electron chi connectivity index (χ4n) is 1.43. The molecule has 0 radical (unpaired) electrons. The highest BCUT2D eigenvalue weighted by molar-refractivity contribution is 4.90. The van der Waals surface area contributed by atoms with Crippen molar-refractivity contribution in [3.05, 3.63) is 0 Å². The minimum Gasteiger partial charge on any atom is -0.326 e. The highest BCUT2D eigenvalue weighted by Crippen LogP contribution is 2.43. The predicted octanol–water partition coefficient (Wildman–Crippen LogP) is 1.75. The van der Waals surface area contributed by atoms with Gasteiger partial charge in [-0.25, -0.2) is 0 Å². The molecule has 1 saturated carbocycles. The molecule has 3 N–H and O–H groups in total. The van der Waals surface area contributed by atoms with Gasteiger partial charge in [0.1, 0.15) is 0 Å². The van der Waals surface area contributed by atoms with Gasteiger partial charge in [-0.05, 0) is 24.2 Å². The largest absolute Gasteiger partial charge is 0.326 e. The Labute approximate surface area is 82.3 Å². The van der Waals surface area contributed by atoms with Crippen LogP contribution in [0.15, 0.2) is 0 Å². The molecular weight excluding hydrogens is 160 g/mol. The first-order valence-corrected chi connectivity index (χ1v) is 5.54. The van der Waals surface area contributed by atoms with Gasteiger partial charge in [-0.3, -0.25) is 0 Å². The molecule has 2 heteroatoms. The van der Waals surface area contributed by atoms with Crippen LogP contribution in [0.5, 0.6) is 0 Å². The highest BCUT2D eigenvalue weighted by Gasteiger charge is 2.36. The van der Waals surface area contributed by atoms with E-state index in [-0.39, 0.29) is 0 Å². The van der Waals surface area contributed by atoms with Gasteiger partial charge in [0.25, 0.3) is 0 Å². The molecule has 1 rings (SSSR count). The number of rotatable bonds is 6. The van der Waals surface area contributed by atoms with E-state index >= 15 is 0 Å². The molecule has 13 heavy (non-hydrogen) atoms. The monoisotopic (exact) mass is 184 g/mol. The fraction of sp³-hybridized carbons (Fsp3) is 1.00. The van der Waals surface area contributed by atoms with Crippen molar-refractivity contribution in [1.82, 2.24) is 5.32 Å². The lowest BCUT2D eigenvalue weighted by atomic mass is 10.00. The van der Waals surface area contributed by atoms with Crippen LogP contribution in [0.25, 0.3) is 0 Å². The van der Waals surface area contributed by atoms with Gasteiger partial charge in [0, 0.05) is 19.1 Å². The van der Waals surface area contributed by atoms with Crippen molar-refractivity contribution in [3.63, 3.8) is 0 Å². The zero-order valence-electron chi connectivity index (χ0n) is 9.27. The third-order valence-corrected chi connectivity index (χ3v) is 3.41. The summed E-state index contributed by atoms with van der Waals surface area (Å²) in [6, 6.07) is 0.326. The van der Waals surface area contributed by atoms with Crippen LogP contribution in [0.4, 0.5) is 0 Å². The van der Waals surface area contributed by atoms with Gasteiger partial charge >= 0.3 is 0 Å². The second kappa shape index (κ2) is 4.43. The zero-order valence-corrected chi connectivity index (χ0v) is 9.27. The van der Waals surface area contributed by atoms with Crippen molar-refractivity contribution in [1.29, 1.82) is 0 Å². The Hall–Kier alpha value is -0.0800. The molecule has 2 nitrogen and oxygen atoms in total. The Morgan fingerprint density at radius 2 is 2.08 bits per heavy atom. The standard InChI is InChI=1S/C11H24N2/c1-4-9(2)10(12)7-13-8-11(3)5-6-11/h9-10,13H,4-8,12H2,1-3H3. The summed E-state index contributed by atoms with van der Waals surface area (Å²) in [5.74, 6) is 0.638. The minimum atomic E-state index is 0.326. The van der Waals surface area contributed by atoms with E-state index in [4.69, 9.17) is 5.73 Å². The topological polar surface area (TPSA) is 38.0 Å². The maximum absolute atomic E-state index is 6.01. The summed E-state index contributed by atoms with van der Waals surface area (Å²) in [6.07, 6.45) is 3.96. The van der Waals surface area contributed by atoms with Gasteiger partial charge in [0.05, 0.1) is 0 Å². The van der Waals surface area contributed by atoms with Crippen LogP contribution in [-0.2, 0) is 0 Å². The van der Waals surface area contributed by atoms with Gasteiger partial charge in [0.15, 0.2) is 0 Å². The van der Waals surface area contributed by atoms with Crippen LogP contribution in [0, 0.1) is 11.3 Å². The zero-order chi connectivity index (χ0) is 9.90. The maximum Gasteiger partial charge on any atom is 0.0191 e. The van der Waals surface area contributed by atoms with Crippen LogP contribution in [0.1, 0.15) is 40.0 Å². The van der Waals surface area contributed by atoms with Crippen LogP contribution in [-0.4, -0.2) is 19.1 Å². The van der Waals surface area contributed by atoms with Crippen LogP contribution < -0.4 is 11.1 Å². The van der Waals surface area contributed by atoms with Crippen molar-refractivity contribution in [2.45, 2.75) is 46.1 Å². The maximum atomic E-state index is 6.01. The number of hydrogen-bond acceptors (Lipinski definition) is 2. The van der Waals surface area contributed by atoms with E-state index in [1.807, 2.05) is 0 Å². The Bertz CT molecular complexity index is 152. The first-order chi connectivity index (χ1) is 6.07. The van der Waals surface area contributed by atoms with Crippen LogP contribution in [0.3, 0.4) is 0 Å². The third-order valence-electron chi connectivity index (χ3n) is 3.41. The van der Waals surface area contributed by atoms with Gasteiger partial charge in [-0.15, -0.1) is 0 Å². The lowest BCUT2D eigenvalue weighted by Gasteiger charge is -2.20. The SMILES string of the molecule is CCC(C)C(N)CNCC1(C)CC1. The summed E-state index contributed by atoms with van der Waals surface area (Å²) < 4.78 is 0. The molecule has 1 aliphatic carbocycles. The normalized spacial score (nSPS) is 24.0. The molecule has 1 aliphatic rings. The quantitative estimate of drug-likeness (QED) is 0.660. The molecule has 2 atom stereocenters. The summed E-state index contributed by atoms with van der Waals surface area (Å²) in [4.78, 5) is 0. The third kappa shape index (κ3) is 3.65. The van der Waals surface area contributed by atoms with E-state index in [9.17, 15) is 0 Å². The van der Waals surface area contributed by atoms with Crippen LogP contribution in [0.2, 0.25) is 0 Å². The van der Waals surface area contributed by atoms with E-state index in [0.717, 1.165) is 13.1 Å². The molecule has 0 aliphatic heterocycles. The summed E-state index contributed by atoms with van der Waals surface area (Å²) >= 11 is 0. The van der Waals surface area contributed by atoms with Gasteiger partial charge in [-0.1, -0.05) is 27.2 Å². The second-order valence-electron chi connectivity index (χ2n) is 4.99. The lowest BCUT2D eigenvalue weighted by molar-refractivity contribution is 0.398. The Morgan fingerprint density at radius 3 is 2.54 bits per heavy atom. The molecule has 0 aromatic carbocycles. The second-order valence-corrected chi connectivity index (χ2v) is 4.99. The summed E-state index contributed by atoms with van der Waals surface area (Å²) in [5, 5.41) is 3.48. The van der Waals surface area contributed by atoms with Crippen LogP contribution >= 0.6 is 0 Å². The Kier molecular flexibility index (Phi) is 3.74. The number of hydrogen-bond donors (Lipinski definition) is 2. The van der Waals surface area contributed by atoms with Crippen molar-refractivity contribution in [2.24, 2.45) is 17.1 Å². The number of nitrogens with one attached hydrogen (secondary N) is 1. The molecular formula is C11H24N2. The average Bonchev–Trinajstić information content (AvgIpc) is 2.82. The van der Waals surface area contributed by atoms with Crippen molar-refractivity contribution in [2.75, 3.05) is 13.1 Å². The molecule has 0 aromatic heterocycles.